The van der Waals surface area contributed by atoms with Crippen LogP contribution in [0.4, 0.5) is 0 Å². The molecule has 1 aliphatic heterocycles. The molecule has 0 aromatic heterocycles. The van der Waals surface area contributed by atoms with Gasteiger partial charge in [-0.1, -0.05) is 23.7 Å². The standard InChI is InChI=1S/C13H17ClO2/c1-9-3-4-11(7-12(9)14)13(15)5-6-16-10(2)8-13/h3-4,7,10,15H,5-6,8H2,1-2H3. The molecule has 1 heterocycles. The van der Waals surface area contributed by atoms with Gasteiger partial charge in [-0.05, 0) is 31.0 Å². The van der Waals surface area contributed by atoms with E-state index in [0.717, 1.165) is 11.1 Å². The van der Waals surface area contributed by atoms with E-state index in [4.69, 9.17) is 16.3 Å². The Morgan fingerprint density at radius 1 is 1.50 bits per heavy atom. The van der Waals surface area contributed by atoms with Crippen LogP contribution in [0.3, 0.4) is 0 Å². The largest absolute Gasteiger partial charge is 0.385 e. The maximum atomic E-state index is 10.6. The third kappa shape index (κ3) is 2.24. The minimum atomic E-state index is -0.783. The van der Waals surface area contributed by atoms with Crippen molar-refractivity contribution in [1.82, 2.24) is 0 Å². The highest BCUT2D eigenvalue weighted by atomic mass is 35.5. The fourth-order valence-electron chi connectivity index (χ4n) is 2.21. The van der Waals surface area contributed by atoms with Gasteiger partial charge in [0, 0.05) is 17.9 Å². The van der Waals surface area contributed by atoms with Crippen LogP contribution in [0.25, 0.3) is 0 Å². The van der Waals surface area contributed by atoms with E-state index in [1.807, 2.05) is 32.0 Å². The van der Waals surface area contributed by atoms with Crippen LogP contribution in [0.1, 0.15) is 30.9 Å². The molecule has 2 unspecified atom stereocenters. The number of aryl methyl sites for hydroxylation is 1. The van der Waals surface area contributed by atoms with Crippen LogP contribution < -0.4 is 0 Å². The average molecular weight is 241 g/mol. The van der Waals surface area contributed by atoms with Crippen LogP contribution in [0.15, 0.2) is 18.2 Å². The molecular weight excluding hydrogens is 224 g/mol. The molecule has 88 valence electrons. The Morgan fingerprint density at radius 3 is 2.88 bits per heavy atom. The van der Waals surface area contributed by atoms with E-state index in [1.165, 1.54) is 0 Å². The number of hydrogen-bond donors (Lipinski definition) is 1. The Morgan fingerprint density at radius 2 is 2.25 bits per heavy atom. The van der Waals surface area contributed by atoms with Crippen LogP contribution in [0.5, 0.6) is 0 Å². The number of ether oxygens (including phenoxy) is 1. The summed E-state index contributed by atoms with van der Waals surface area (Å²) in [7, 11) is 0. The van der Waals surface area contributed by atoms with E-state index in [0.29, 0.717) is 24.5 Å². The molecule has 2 rings (SSSR count). The molecule has 1 aliphatic rings. The quantitative estimate of drug-likeness (QED) is 0.818. The zero-order chi connectivity index (χ0) is 11.8. The second-order valence-electron chi connectivity index (χ2n) is 4.63. The summed E-state index contributed by atoms with van der Waals surface area (Å²) in [5.74, 6) is 0. The molecule has 1 fully saturated rings. The van der Waals surface area contributed by atoms with Crippen LogP contribution in [-0.4, -0.2) is 17.8 Å². The first-order valence-corrected chi connectivity index (χ1v) is 6.00. The Labute approximate surface area is 101 Å². The van der Waals surface area contributed by atoms with Gasteiger partial charge in [0.05, 0.1) is 18.3 Å². The van der Waals surface area contributed by atoms with Gasteiger partial charge in [0.25, 0.3) is 0 Å². The Bertz CT molecular complexity index is 392. The van der Waals surface area contributed by atoms with Gasteiger partial charge in [0.2, 0.25) is 0 Å². The molecule has 0 aliphatic carbocycles. The highest BCUT2D eigenvalue weighted by Crippen LogP contribution is 2.36. The van der Waals surface area contributed by atoms with Crippen LogP contribution >= 0.6 is 11.6 Å². The fourth-order valence-corrected chi connectivity index (χ4v) is 2.39. The molecule has 0 spiro atoms. The third-order valence-electron chi connectivity index (χ3n) is 3.25. The van der Waals surface area contributed by atoms with Crippen molar-refractivity contribution in [2.75, 3.05) is 6.61 Å². The van der Waals surface area contributed by atoms with Gasteiger partial charge >= 0.3 is 0 Å². The second-order valence-corrected chi connectivity index (χ2v) is 5.04. The molecule has 1 saturated heterocycles. The molecule has 1 N–H and O–H groups in total. The first kappa shape index (κ1) is 11.9. The molecule has 2 atom stereocenters. The lowest BCUT2D eigenvalue weighted by molar-refractivity contribution is -0.101. The van der Waals surface area contributed by atoms with Crippen molar-refractivity contribution in [1.29, 1.82) is 0 Å². The smallest absolute Gasteiger partial charge is 0.0943 e. The van der Waals surface area contributed by atoms with Crippen LogP contribution in [0.2, 0.25) is 5.02 Å². The molecule has 3 heteroatoms. The maximum Gasteiger partial charge on any atom is 0.0943 e. The monoisotopic (exact) mass is 240 g/mol. The fraction of sp³-hybridized carbons (Fsp3) is 0.538. The number of hydrogen-bond acceptors (Lipinski definition) is 2. The minimum absolute atomic E-state index is 0.0961. The molecular formula is C13H17ClO2. The minimum Gasteiger partial charge on any atom is -0.385 e. The topological polar surface area (TPSA) is 29.5 Å². The number of halogens is 1. The molecule has 1 aromatic rings. The van der Waals surface area contributed by atoms with Gasteiger partial charge in [0.1, 0.15) is 0 Å². The molecule has 0 radical (unpaired) electrons. The summed E-state index contributed by atoms with van der Waals surface area (Å²) in [5.41, 5.74) is 1.15. The van der Waals surface area contributed by atoms with Crippen molar-refractivity contribution in [2.24, 2.45) is 0 Å². The summed E-state index contributed by atoms with van der Waals surface area (Å²) >= 11 is 6.09. The lowest BCUT2D eigenvalue weighted by Crippen LogP contribution is -2.37. The zero-order valence-corrected chi connectivity index (χ0v) is 10.4. The number of aliphatic hydroxyl groups is 1. The lowest BCUT2D eigenvalue weighted by atomic mass is 9.84. The van der Waals surface area contributed by atoms with Gasteiger partial charge in [0.15, 0.2) is 0 Å². The number of benzene rings is 1. The van der Waals surface area contributed by atoms with Crippen molar-refractivity contribution in [3.8, 4) is 0 Å². The van der Waals surface area contributed by atoms with Crippen molar-refractivity contribution in [2.45, 2.75) is 38.4 Å². The highest BCUT2D eigenvalue weighted by Gasteiger charge is 2.35. The highest BCUT2D eigenvalue weighted by molar-refractivity contribution is 6.31. The van der Waals surface area contributed by atoms with Crippen molar-refractivity contribution in [3.63, 3.8) is 0 Å². The lowest BCUT2D eigenvalue weighted by Gasteiger charge is -2.36. The van der Waals surface area contributed by atoms with E-state index >= 15 is 0 Å². The Balaban J connectivity index is 2.31. The molecule has 2 nitrogen and oxygen atoms in total. The van der Waals surface area contributed by atoms with Gasteiger partial charge in [-0.25, -0.2) is 0 Å². The Hall–Kier alpha value is -0.570. The van der Waals surface area contributed by atoms with Gasteiger partial charge in [-0.3, -0.25) is 0 Å². The second kappa shape index (κ2) is 4.36. The molecule has 0 saturated carbocycles. The SMILES string of the molecule is Cc1ccc(C2(O)CCOC(C)C2)cc1Cl. The van der Waals surface area contributed by atoms with E-state index in [2.05, 4.69) is 0 Å². The summed E-state index contributed by atoms with van der Waals surface area (Å²) in [5, 5.41) is 11.3. The van der Waals surface area contributed by atoms with E-state index < -0.39 is 5.60 Å². The van der Waals surface area contributed by atoms with Gasteiger partial charge in [-0.15, -0.1) is 0 Å². The predicted molar refractivity (Wildman–Crippen MR) is 64.7 cm³/mol. The summed E-state index contributed by atoms with van der Waals surface area (Å²) < 4.78 is 5.46. The van der Waals surface area contributed by atoms with Gasteiger partial charge < -0.3 is 9.84 Å². The molecule has 16 heavy (non-hydrogen) atoms. The summed E-state index contributed by atoms with van der Waals surface area (Å²) in [6.45, 7) is 4.55. The first-order chi connectivity index (χ1) is 7.51. The summed E-state index contributed by atoms with van der Waals surface area (Å²) in [6, 6.07) is 5.78. The van der Waals surface area contributed by atoms with E-state index in [1.54, 1.807) is 0 Å². The number of rotatable bonds is 1. The third-order valence-corrected chi connectivity index (χ3v) is 3.66. The van der Waals surface area contributed by atoms with E-state index in [9.17, 15) is 5.11 Å². The Kier molecular flexibility index (Phi) is 3.24. The molecule has 0 amide bonds. The first-order valence-electron chi connectivity index (χ1n) is 5.62. The van der Waals surface area contributed by atoms with Crippen molar-refractivity contribution < 1.29 is 9.84 Å². The predicted octanol–water partition coefficient (Wildman–Crippen LogP) is 3.03. The molecule has 0 bridgehead atoms. The van der Waals surface area contributed by atoms with Gasteiger partial charge in [-0.2, -0.15) is 0 Å². The summed E-state index contributed by atoms with van der Waals surface area (Å²) in [4.78, 5) is 0. The van der Waals surface area contributed by atoms with Crippen molar-refractivity contribution >= 4 is 11.6 Å². The van der Waals surface area contributed by atoms with Crippen LogP contribution in [-0.2, 0) is 10.3 Å². The van der Waals surface area contributed by atoms with Crippen LogP contribution in [0, 0.1) is 6.92 Å². The maximum absolute atomic E-state index is 10.6. The van der Waals surface area contributed by atoms with Crippen molar-refractivity contribution in [3.05, 3.63) is 34.3 Å². The van der Waals surface area contributed by atoms with E-state index in [-0.39, 0.29) is 6.10 Å². The molecule has 1 aromatic carbocycles. The average Bonchev–Trinajstić information content (AvgIpc) is 2.21. The summed E-state index contributed by atoms with van der Waals surface area (Å²) in [6.07, 6.45) is 1.36. The zero-order valence-electron chi connectivity index (χ0n) is 9.66. The normalized spacial score (nSPS) is 30.4.